The van der Waals surface area contributed by atoms with Gasteiger partial charge in [-0.2, -0.15) is 0 Å². The molecule has 3 rings (SSSR count). The Morgan fingerprint density at radius 2 is 1.96 bits per heavy atom. The van der Waals surface area contributed by atoms with Gasteiger partial charge in [0.05, 0.1) is 11.0 Å². The quantitative estimate of drug-likeness (QED) is 0.696. The van der Waals surface area contributed by atoms with Gasteiger partial charge in [0.15, 0.2) is 0 Å². The van der Waals surface area contributed by atoms with Crippen LogP contribution in [0.1, 0.15) is 21.7 Å². The molecule has 2 N–H and O–H groups in total. The molecule has 1 heterocycles. The van der Waals surface area contributed by atoms with E-state index in [9.17, 15) is 9.59 Å². The third-order valence-corrected chi connectivity index (χ3v) is 4.14. The number of carbonyl (C=O) groups is 2. The predicted molar refractivity (Wildman–Crippen MR) is 102 cm³/mol. The monoisotopic (exact) mass is 348 g/mol. The van der Waals surface area contributed by atoms with E-state index in [1.807, 2.05) is 25.1 Å². The largest absolute Gasteiger partial charge is 0.348 e. The maximum atomic E-state index is 12.3. The van der Waals surface area contributed by atoms with E-state index in [0.717, 1.165) is 22.4 Å². The Kier molecular flexibility index (Phi) is 4.84. The normalized spacial score (nSPS) is 10.5. The number of aromatic amines is 1. The van der Waals surface area contributed by atoms with Gasteiger partial charge >= 0.3 is 0 Å². The number of H-pyrrole nitrogens is 1. The molecule has 0 atom stereocenters. The van der Waals surface area contributed by atoms with Crippen molar-refractivity contribution in [3.05, 3.63) is 72.1 Å². The number of hydrogen-bond donors (Lipinski definition) is 2. The highest BCUT2D eigenvalue weighted by Gasteiger charge is 2.10. The summed E-state index contributed by atoms with van der Waals surface area (Å²) in [4.78, 5) is 33.0. The van der Waals surface area contributed by atoms with Crippen LogP contribution < -0.4 is 10.2 Å². The maximum Gasteiger partial charge on any atom is 0.251 e. The van der Waals surface area contributed by atoms with Gasteiger partial charge in [-0.1, -0.05) is 12.6 Å². The van der Waals surface area contributed by atoms with E-state index in [0.29, 0.717) is 17.8 Å². The first-order chi connectivity index (χ1) is 12.5. The molecule has 0 aliphatic carbocycles. The molecule has 0 unspecified atom stereocenters. The van der Waals surface area contributed by atoms with Crippen LogP contribution in [-0.2, 0) is 11.3 Å². The summed E-state index contributed by atoms with van der Waals surface area (Å²) in [5, 5.41) is 2.90. The minimum Gasteiger partial charge on any atom is -0.348 e. The number of hydrogen-bond acceptors (Lipinski definition) is 3. The molecule has 0 saturated heterocycles. The Hall–Kier alpha value is -3.41. The third-order valence-electron chi connectivity index (χ3n) is 4.14. The smallest absolute Gasteiger partial charge is 0.251 e. The first kappa shape index (κ1) is 17.4. The number of benzene rings is 2. The van der Waals surface area contributed by atoms with E-state index in [-0.39, 0.29) is 11.8 Å². The molecule has 2 aromatic carbocycles. The van der Waals surface area contributed by atoms with Crippen molar-refractivity contribution < 1.29 is 9.59 Å². The fourth-order valence-corrected chi connectivity index (χ4v) is 2.68. The number of likely N-dealkylation sites (N-methyl/N-ethyl adjacent to an activating group) is 1. The molecule has 1 aromatic heterocycles. The minimum atomic E-state index is -0.202. The summed E-state index contributed by atoms with van der Waals surface area (Å²) < 4.78 is 0. The maximum absolute atomic E-state index is 12.3. The second kappa shape index (κ2) is 7.23. The highest BCUT2D eigenvalue weighted by Crippen LogP contribution is 2.15. The molecule has 132 valence electrons. The summed E-state index contributed by atoms with van der Waals surface area (Å²) in [5.41, 5.74) is 4.08. The number of amides is 2. The van der Waals surface area contributed by atoms with Crippen LogP contribution in [0.15, 0.2) is 55.1 Å². The summed E-state index contributed by atoms with van der Waals surface area (Å²) >= 11 is 0. The van der Waals surface area contributed by atoms with Gasteiger partial charge in [-0.05, 0) is 55.0 Å². The van der Waals surface area contributed by atoms with Gasteiger partial charge < -0.3 is 15.2 Å². The predicted octanol–water partition coefficient (Wildman–Crippen LogP) is 2.95. The Balaban J connectivity index is 1.65. The van der Waals surface area contributed by atoms with Gasteiger partial charge in [0.2, 0.25) is 5.91 Å². The summed E-state index contributed by atoms with van der Waals surface area (Å²) in [5.74, 6) is 0.489. The molecule has 0 bridgehead atoms. The van der Waals surface area contributed by atoms with E-state index in [1.165, 1.54) is 11.0 Å². The molecule has 0 radical (unpaired) electrons. The van der Waals surface area contributed by atoms with E-state index in [1.54, 1.807) is 31.3 Å². The Morgan fingerprint density at radius 1 is 1.23 bits per heavy atom. The fourth-order valence-electron chi connectivity index (χ4n) is 2.68. The number of fused-ring (bicyclic) bond motifs is 1. The number of imidazole rings is 1. The van der Waals surface area contributed by atoms with E-state index >= 15 is 0 Å². The minimum absolute atomic E-state index is 0.171. The standard InChI is InChI=1S/C20H20N4O2/c1-4-19(25)24(3)16-8-6-15(7-9-16)20(26)21-12-14-5-10-17-18(11-14)23-13(2)22-17/h4-11H,1,12H2,2-3H3,(H,21,26)(H,22,23). The lowest BCUT2D eigenvalue weighted by Gasteiger charge is -2.15. The lowest BCUT2D eigenvalue weighted by Crippen LogP contribution is -2.25. The number of anilines is 1. The van der Waals surface area contributed by atoms with Crippen LogP contribution in [0.4, 0.5) is 5.69 Å². The SMILES string of the molecule is C=CC(=O)N(C)c1ccc(C(=O)NCc2ccc3nc(C)[nH]c3c2)cc1. The third kappa shape index (κ3) is 3.64. The Bertz CT molecular complexity index is 973. The highest BCUT2D eigenvalue weighted by atomic mass is 16.2. The fraction of sp³-hybridized carbons (Fsp3) is 0.150. The van der Waals surface area contributed by atoms with Crippen molar-refractivity contribution in [2.24, 2.45) is 0 Å². The lowest BCUT2D eigenvalue weighted by molar-refractivity contribution is -0.113. The Labute approximate surface area is 151 Å². The number of rotatable bonds is 5. The van der Waals surface area contributed by atoms with Crippen LogP contribution >= 0.6 is 0 Å². The zero-order chi connectivity index (χ0) is 18.7. The molecule has 6 heteroatoms. The van der Waals surface area contributed by atoms with Crippen LogP contribution in [0.5, 0.6) is 0 Å². The zero-order valence-corrected chi connectivity index (χ0v) is 14.7. The van der Waals surface area contributed by atoms with Crippen molar-refractivity contribution in [1.82, 2.24) is 15.3 Å². The number of carbonyl (C=O) groups excluding carboxylic acids is 2. The number of aromatic nitrogens is 2. The molecule has 0 spiro atoms. The average molecular weight is 348 g/mol. The molecule has 6 nitrogen and oxygen atoms in total. The first-order valence-electron chi connectivity index (χ1n) is 8.21. The van der Waals surface area contributed by atoms with Crippen molar-refractivity contribution in [2.75, 3.05) is 11.9 Å². The van der Waals surface area contributed by atoms with Crippen molar-refractivity contribution in [1.29, 1.82) is 0 Å². The Morgan fingerprint density at radius 3 is 2.65 bits per heavy atom. The van der Waals surface area contributed by atoms with Gasteiger partial charge in [-0.3, -0.25) is 9.59 Å². The van der Waals surface area contributed by atoms with Crippen molar-refractivity contribution in [3.8, 4) is 0 Å². The second-order valence-corrected chi connectivity index (χ2v) is 6.00. The number of aryl methyl sites for hydroxylation is 1. The summed E-state index contributed by atoms with van der Waals surface area (Å²) in [6, 6.07) is 12.7. The molecule has 0 saturated carbocycles. The van der Waals surface area contributed by atoms with E-state index < -0.39 is 0 Å². The van der Waals surface area contributed by atoms with Crippen LogP contribution in [-0.4, -0.2) is 28.8 Å². The van der Waals surface area contributed by atoms with Gasteiger partial charge in [-0.25, -0.2) is 4.98 Å². The van der Waals surface area contributed by atoms with Crippen LogP contribution in [0.2, 0.25) is 0 Å². The van der Waals surface area contributed by atoms with E-state index in [2.05, 4.69) is 21.9 Å². The molecular weight excluding hydrogens is 328 g/mol. The molecular formula is C20H20N4O2. The van der Waals surface area contributed by atoms with Crippen LogP contribution in [0, 0.1) is 6.92 Å². The van der Waals surface area contributed by atoms with Crippen molar-refractivity contribution in [2.45, 2.75) is 13.5 Å². The summed E-state index contributed by atoms with van der Waals surface area (Å²) in [7, 11) is 1.66. The molecule has 0 fully saturated rings. The first-order valence-corrected chi connectivity index (χ1v) is 8.21. The molecule has 0 aliphatic rings. The van der Waals surface area contributed by atoms with Crippen LogP contribution in [0.3, 0.4) is 0 Å². The summed E-state index contributed by atoms with van der Waals surface area (Å²) in [6.07, 6.45) is 1.25. The molecule has 26 heavy (non-hydrogen) atoms. The number of nitrogens with zero attached hydrogens (tertiary/aromatic N) is 2. The molecule has 3 aromatic rings. The topological polar surface area (TPSA) is 78.1 Å². The lowest BCUT2D eigenvalue weighted by atomic mass is 10.1. The van der Waals surface area contributed by atoms with Gasteiger partial charge in [0, 0.05) is 24.8 Å². The van der Waals surface area contributed by atoms with Gasteiger partial charge in [-0.15, -0.1) is 0 Å². The summed E-state index contributed by atoms with van der Waals surface area (Å²) in [6.45, 7) is 5.79. The second-order valence-electron chi connectivity index (χ2n) is 6.00. The number of nitrogens with one attached hydrogen (secondary N) is 2. The van der Waals surface area contributed by atoms with E-state index in [4.69, 9.17) is 0 Å². The van der Waals surface area contributed by atoms with Gasteiger partial charge in [0.25, 0.3) is 5.91 Å². The molecule has 0 aliphatic heterocycles. The van der Waals surface area contributed by atoms with Crippen molar-refractivity contribution in [3.63, 3.8) is 0 Å². The van der Waals surface area contributed by atoms with Gasteiger partial charge in [0.1, 0.15) is 5.82 Å². The van der Waals surface area contributed by atoms with Crippen molar-refractivity contribution >= 4 is 28.5 Å². The highest BCUT2D eigenvalue weighted by molar-refractivity contribution is 6.01. The average Bonchev–Trinajstić information content (AvgIpc) is 3.04. The molecule has 2 amide bonds. The zero-order valence-electron chi connectivity index (χ0n) is 14.7. The van der Waals surface area contributed by atoms with Crippen LogP contribution in [0.25, 0.3) is 11.0 Å².